The highest BCUT2D eigenvalue weighted by atomic mass is 16.6. The number of carbonyl (C=O) groups is 1. The van der Waals surface area contributed by atoms with Gasteiger partial charge in [-0.15, -0.1) is 0 Å². The Kier molecular flexibility index (Phi) is 4.78. The molecule has 0 aromatic rings. The molecule has 1 aliphatic rings. The Bertz CT molecular complexity index is 224. The molecule has 1 atom stereocenters. The zero-order chi connectivity index (χ0) is 12.2. The van der Waals surface area contributed by atoms with E-state index in [-0.39, 0.29) is 5.97 Å². The van der Waals surface area contributed by atoms with Gasteiger partial charge in [-0.1, -0.05) is 12.8 Å². The first-order chi connectivity index (χ1) is 7.38. The molecule has 3 nitrogen and oxygen atoms in total. The van der Waals surface area contributed by atoms with Crippen molar-refractivity contribution < 1.29 is 14.3 Å². The molecule has 0 bridgehead atoms. The van der Waals surface area contributed by atoms with Crippen molar-refractivity contribution >= 4 is 5.97 Å². The second kappa shape index (κ2) is 5.67. The van der Waals surface area contributed by atoms with E-state index >= 15 is 0 Å². The molecule has 3 heteroatoms. The average Bonchev–Trinajstić information content (AvgIpc) is 2.63. The first-order valence-electron chi connectivity index (χ1n) is 6.23. The van der Waals surface area contributed by atoms with Crippen molar-refractivity contribution in [3.8, 4) is 0 Å². The Morgan fingerprint density at radius 2 is 1.88 bits per heavy atom. The van der Waals surface area contributed by atoms with E-state index in [2.05, 4.69) is 0 Å². The largest absolute Gasteiger partial charge is 0.458 e. The minimum absolute atomic E-state index is 0.259. The zero-order valence-corrected chi connectivity index (χ0v) is 10.9. The molecule has 0 heterocycles. The van der Waals surface area contributed by atoms with Crippen LogP contribution in [-0.4, -0.2) is 24.3 Å². The standard InChI is InChI=1S/C13H24O3/c1-10(12(14)16-13(2,3)4)15-9-11-7-5-6-8-11/h10-11H,5-9H2,1-4H3. The van der Waals surface area contributed by atoms with Crippen LogP contribution in [0.1, 0.15) is 53.4 Å². The van der Waals surface area contributed by atoms with E-state index in [0.717, 1.165) is 0 Å². The van der Waals surface area contributed by atoms with Gasteiger partial charge in [0.2, 0.25) is 0 Å². The fraction of sp³-hybridized carbons (Fsp3) is 0.923. The summed E-state index contributed by atoms with van der Waals surface area (Å²) in [5.41, 5.74) is -0.429. The van der Waals surface area contributed by atoms with E-state index in [1.165, 1.54) is 25.7 Å². The number of ether oxygens (including phenoxy) is 2. The van der Waals surface area contributed by atoms with Gasteiger partial charge in [-0.05, 0) is 46.5 Å². The van der Waals surface area contributed by atoms with Crippen molar-refractivity contribution in [2.75, 3.05) is 6.61 Å². The average molecular weight is 228 g/mol. The van der Waals surface area contributed by atoms with Crippen molar-refractivity contribution in [1.82, 2.24) is 0 Å². The summed E-state index contributed by atoms with van der Waals surface area (Å²) in [6.45, 7) is 8.07. The fourth-order valence-electron chi connectivity index (χ4n) is 1.91. The van der Waals surface area contributed by atoms with Crippen LogP contribution in [0.15, 0.2) is 0 Å². The summed E-state index contributed by atoms with van der Waals surface area (Å²) in [7, 11) is 0. The molecule has 1 rings (SSSR count). The molecule has 0 spiro atoms. The van der Waals surface area contributed by atoms with Gasteiger partial charge in [0.25, 0.3) is 0 Å². The first kappa shape index (κ1) is 13.5. The molecule has 0 N–H and O–H groups in total. The lowest BCUT2D eigenvalue weighted by Crippen LogP contribution is -2.32. The van der Waals surface area contributed by atoms with Crippen LogP contribution in [-0.2, 0) is 14.3 Å². The summed E-state index contributed by atoms with van der Waals surface area (Å²) in [5, 5.41) is 0. The lowest BCUT2D eigenvalue weighted by atomic mass is 10.1. The summed E-state index contributed by atoms with van der Waals surface area (Å²) in [6, 6.07) is 0. The highest BCUT2D eigenvalue weighted by molar-refractivity contribution is 5.74. The van der Waals surface area contributed by atoms with Crippen LogP contribution in [0.4, 0.5) is 0 Å². The van der Waals surface area contributed by atoms with Crippen molar-refractivity contribution in [2.24, 2.45) is 5.92 Å². The molecule has 0 aromatic heterocycles. The number of esters is 1. The molecule has 0 radical (unpaired) electrons. The molecule has 1 saturated carbocycles. The molecular formula is C13H24O3. The second-order valence-corrected chi connectivity index (χ2v) is 5.66. The van der Waals surface area contributed by atoms with Gasteiger partial charge in [-0.25, -0.2) is 4.79 Å². The molecule has 0 aromatic carbocycles. The third-order valence-electron chi connectivity index (χ3n) is 2.80. The summed E-state index contributed by atoms with van der Waals surface area (Å²) in [4.78, 5) is 11.6. The first-order valence-corrected chi connectivity index (χ1v) is 6.23. The molecule has 0 saturated heterocycles. The number of carbonyl (C=O) groups excluding carboxylic acids is 1. The van der Waals surface area contributed by atoms with Gasteiger partial charge < -0.3 is 9.47 Å². The lowest BCUT2D eigenvalue weighted by Gasteiger charge is -2.23. The van der Waals surface area contributed by atoms with Gasteiger partial charge in [0.05, 0.1) is 6.61 Å². The SMILES string of the molecule is CC(OCC1CCCC1)C(=O)OC(C)(C)C. The smallest absolute Gasteiger partial charge is 0.335 e. The highest BCUT2D eigenvalue weighted by Gasteiger charge is 2.23. The van der Waals surface area contributed by atoms with Gasteiger partial charge in [-0.3, -0.25) is 0 Å². The Balaban J connectivity index is 2.23. The van der Waals surface area contributed by atoms with Crippen LogP contribution in [0.25, 0.3) is 0 Å². The Morgan fingerprint density at radius 1 is 1.31 bits per heavy atom. The van der Waals surface area contributed by atoms with E-state index in [1.54, 1.807) is 6.92 Å². The molecule has 1 unspecified atom stereocenters. The topological polar surface area (TPSA) is 35.5 Å². The molecule has 0 amide bonds. The lowest BCUT2D eigenvalue weighted by molar-refractivity contribution is -0.168. The molecule has 1 aliphatic carbocycles. The summed E-state index contributed by atoms with van der Waals surface area (Å²) in [5.74, 6) is 0.385. The number of hydrogen-bond donors (Lipinski definition) is 0. The van der Waals surface area contributed by atoms with Crippen LogP contribution in [0.3, 0.4) is 0 Å². The molecule has 16 heavy (non-hydrogen) atoms. The van der Waals surface area contributed by atoms with Crippen LogP contribution < -0.4 is 0 Å². The van der Waals surface area contributed by atoms with E-state index < -0.39 is 11.7 Å². The summed E-state index contributed by atoms with van der Waals surface area (Å²) >= 11 is 0. The monoisotopic (exact) mass is 228 g/mol. The van der Waals surface area contributed by atoms with Crippen LogP contribution in [0, 0.1) is 5.92 Å². The Hall–Kier alpha value is -0.570. The summed E-state index contributed by atoms with van der Waals surface area (Å²) in [6.07, 6.45) is 4.63. The minimum atomic E-state index is -0.445. The maximum atomic E-state index is 11.6. The second-order valence-electron chi connectivity index (χ2n) is 5.66. The molecular weight excluding hydrogens is 204 g/mol. The Labute approximate surface area is 98.5 Å². The van der Waals surface area contributed by atoms with Crippen LogP contribution in [0.5, 0.6) is 0 Å². The van der Waals surface area contributed by atoms with Crippen molar-refractivity contribution in [3.63, 3.8) is 0 Å². The molecule has 1 fully saturated rings. The van der Waals surface area contributed by atoms with Gasteiger partial charge in [-0.2, -0.15) is 0 Å². The third-order valence-corrected chi connectivity index (χ3v) is 2.80. The van der Waals surface area contributed by atoms with Crippen LogP contribution in [0.2, 0.25) is 0 Å². The quantitative estimate of drug-likeness (QED) is 0.694. The number of hydrogen-bond acceptors (Lipinski definition) is 3. The van der Waals surface area contributed by atoms with Crippen molar-refractivity contribution in [2.45, 2.75) is 65.1 Å². The molecule has 94 valence electrons. The van der Waals surface area contributed by atoms with E-state index in [4.69, 9.17) is 9.47 Å². The van der Waals surface area contributed by atoms with Crippen molar-refractivity contribution in [3.05, 3.63) is 0 Å². The van der Waals surface area contributed by atoms with E-state index in [1.807, 2.05) is 20.8 Å². The predicted molar refractivity (Wildman–Crippen MR) is 63.2 cm³/mol. The van der Waals surface area contributed by atoms with Gasteiger partial charge >= 0.3 is 5.97 Å². The highest BCUT2D eigenvalue weighted by Crippen LogP contribution is 2.25. The van der Waals surface area contributed by atoms with Gasteiger partial charge in [0.1, 0.15) is 5.60 Å². The fourth-order valence-corrected chi connectivity index (χ4v) is 1.91. The zero-order valence-electron chi connectivity index (χ0n) is 10.9. The van der Waals surface area contributed by atoms with E-state index in [0.29, 0.717) is 12.5 Å². The van der Waals surface area contributed by atoms with Gasteiger partial charge in [0, 0.05) is 0 Å². The molecule has 0 aliphatic heterocycles. The Morgan fingerprint density at radius 3 is 2.38 bits per heavy atom. The minimum Gasteiger partial charge on any atom is -0.458 e. The maximum Gasteiger partial charge on any atom is 0.335 e. The third kappa shape index (κ3) is 4.97. The summed E-state index contributed by atoms with van der Waals surface area (Å²) < 4.78 is 10.8. The predicted octanol–water partition coefficient (Wildman–Crippen LogP) is 2.92. The number of rotatable bonds is 4. The van der Waals surface area contributed by atoms with Crippen molar-refractivity contribution in [1.29, 1.82) is 0 Å². The van der Waals surface area contributed by atoms with E-state index in [9.17, 15) is 4.79 Å². The normalized spacial score (nSPS) is 19.8. The maximum absolute atomic E-state index is 11.6. The van der Waals surface area contributed by atoms with Gasteiger partial charge in [0.15, 0.2) is 6.10 Å². The van der Waals surface area contributed by atoms with Crippen LogP contribution >= 0.6 is 0 Å².